The molecule has 0 unspecified atom stereocenters. The zero-order valence-electron chi connectivity index (χ0n) is 5.46. The van der Waals surface area contributed by atoms with E-state index in [1.807, 2.05) is 0 Å². The molecule has 0 aliphatic heterocycles. The van der Waals surface area contributed by atoms with Crippen molar-refractivity contribution in [2.45, 2.75) is 0 Å². The number of rotatable bonds is 3. The van der Waals surface area contributed by atoms with Gasteiger partial charge < -0.3 is 10.2 Å². The summed E-state index contributed by atoms with van der Waals surface area (Å²) in [5.74, 6) is -3.80. The molecule has 0 atom stereocenters. The number of hydrogen-bond donors (Lipinski definition) is 3. The van der Waals surface area contributed by atoms with Crippen LogP contribution in [0.2, 0.25) is 0 Å². The summed E-state index contributed by atoms with van der Waals surface area (Å²) in [6, 6.07) is 0. The molecule has 0 fully saturated rings. The molecule has 0 amide bonds. The molecule has 0 spiro atoms. The zero-order valence-corrected chi connectivity index (χ0v) is 6.28. The molecule has 0 aromatic heterocycles. The van der Waals surface area contributed by atoms with Gasteiger partial charge in [-0.3, -0.25) is 4.55 Å². The van der Waals surface area contributed by atoms with Crippen molar-refractivity contribution in [1.82, 2.24) is 0 Å². The molecular formula is C4H5LiO7S. The van der Waals surface area contributed by atoms with Gasteiger partial charge in [0.2, 0.25) is 0 Å². The normalized spacial score (nSPS) is 11.6. The van der Waals surface area contributed by atoms with Gasteiger partial charge in [0.15, 0.2) is 4.91 Å². The Kier molecular flexibility index (Phi) is 5.69. The average molecular weight is 204 g/mol. The van der Waals surface area contributed by atoms with Crippen LogP contribution in [0.4, 0.5) is 0 Å². The standard InChI is InChI=1S/C4H4O7S.Li.H/c5-3(6)1-2(4(7)8)12(9,10)11;;/h1H,(H,5,6)(H,7,8)(H,9,10,11);;/b2-1+;;. The first-order valence-electron chi connectivity index (χ1n) is 2.40. The van der Waals surface area contributed by atoms with Crippen LogP contribution in [0.25, 0.3) is 0 Å². The number of carboxylic acids is 2. The van der Waals surface area contributed by atoms with E-state index in [9.17, 15) is 18.0 Å². The quantitative estimate of drug-likeness (QED) is 0.283. The first-order chi connectivity index (χ1) is 5.25. The SMILES string of the molecule is O=C(O)/C=C(\C(=O)O)S(=O)(=O)O.[LiH]. The van der Waals surface area contributed by atoms with Crippen molar-refractivity contribution in [3.05, 3.63) is 11.0 Å². The van der Waals surface area contributed by atoms with Gasteiger partial charge in [0, 0.05) is 0 Å². The van der Waals surface area contributed by atoms with E-state index in [2.05, 4.69) is 0 Å². The van der Waals surface area contributed by atoms with Crippen molar-refractivity contribution >= 4 is 40.9 Å². The van der Waals surface area contributed by atoms with Crippen LogP contribution in [0.15, 0.2) is 11.0 Å². The fourth-order valence-electron chi connectivity index (χ4n) is 0.359. The summed E-state index contributed by atoms with van der Waals surface area (Å²) >= 11 is 0. The van der Waals surface area contributed by atoms with Gasteiger partial charge in [-0.1, -0.05) is 0 Å². The molecule has 0 aromatic carbocycles. The van der Waals surface area contributed by atoms with Crippen LogP contribution in [-0.2, 0) is 19.7 Å². The number of hydrogen-bond acceptors (Lipinski definition) is 4. The Morgan fingerprint density at radius 2 is 1.54 bits per heavy atom. The van der Waals surface area contributed by atoms with Gasteiger partial charge in [0.05, 0.1) is 6.08 Å². The predicted molar refractivity (Wildman–Crippen MR) is 42.1 cm³/mol. The van der Waals surface area contributed by atoms with Crippen LogP contribution in [0.5, 0.6) is 0 Å². The molecule has 0 bridgehead atoms. The van der Waals surface area contributed by atoms with E-state index in [0.29, 0.717) is 0 Å². The molecule has 0 aromatic rings. The first-order valence-corrected chi connectivity index (χ1v) is 3.84. The van der Waals surface area contributed by atoms with Crippen molar-refractivity contribution in [2.24, 2.45) is 0 Å². The molecule has 0 aliphatic carbocycles. The second kappa shape index (κ2) is 5.03. The Morgan fingerprint density at radius 1 is 1.15 bits per heavy atom. The van der Waals surface area contributed by atoms with Gasteiger partial charge in [-0.25, -0.2) is 9.59 Å². The van der Waals surface area contributed by atoms with E-state index in [4.69, 9.17) is 14.8 Å². The van der Waals surface area contributed by atoms with Crippen LogP contribution < -0.4 is 0 Å². The fraction of sp³-hybridized carbons (Fsp3) is 0. The monoisotopic (exact) mass is 204 g/mol. The van der Waals surface area contributed by atoms with Gasteiger partial charge in [-0.15, -0.1) is 0 Å². The predicted octanol–water partition coefficient (Wildman–Crippen LogP) is -1.72. The average Bonchev–Trinajstić information content (AvgIpc) is 1.79. The van der Waals surface area contributed by atoms with E-state index in [1.54, 1.807) is 0 Å². The Balaban J connectivity index is 0. The maximum absolute atomic E-state index is 10.2. The van der Waals surface area contributed by atoms with Crippen LogP contribution in [0, 0.1) is 0 Å². The van der Waals surface area contributed by atoms with E-state index in [0.717, 1.165) is 0 Å². The number of aliphatic carboxylic acids is 2. The Hall–Kier alpha value is -0.813. The third-order valence-corrected chi connectivity index (χ3v) is 1.59. The molecule has 70 valence electrons. The number of carbonyl (C=O) groups is 2. The second-order valence-corrected chi connectivity index (χ2v) is 3.02. The molecule has 7 nitrogen and oxygen atoms in total. The van der Waals surface area contributed by atoms with Crippen LogP contribution in [0.3, 0.4) is 0 Å². The van der Waals surface area contributed by atoms with Crippen LogP contribution in [-0.4, -0.2) is 54.0 Å². The molecule has 3 N–H and O–H groups in total. The molecule has 0 aliphatic rings. The molecule has 0 saturated carbocycles. The minimum atomic E-state index is -4.98. The van der Waals surface area contributed by atoms with Crippen LogP contribution in [0.1, 0.15) is 0 Å². The van der Waals surface area contributed by atoms with Gasteiger partial charge in [0.25, 0.3) is 0 Å². The summed E-state index contributed by atoms with van der Waals surface area (Å²) in [6.07, 6.45) is -0.113. The molecule has 0 heterocycles. The molecule has 0 radical (unpaired) electrons. The van der Waals surface area contributed by atoms with Crippen molar-refractivity contribution in [1.29, 1.82) is 0 Å². The van der Waals surface area contributed by atoms with E-state index >= 15 is 0 Å². The first kappa shape index (κ1) is 14.7. The Labute approximate surface area is 85.0 Å². The van der Waals surface area contributed by atoms with Gasteiger partial charge in [0.1, 0.15) is 0 Å². The van der Waals surface area contributed by atoms with Crippen molar-refractivity contribution in [3.63, 3.8) is 0 Å². The molecule has 9 heteroatoms. The van der Waals surface area contributed by atoms with Crippen molar-refractivity contribution in [3.8, 4) is 0 Å². The summed E-state index contributed by atoms with van der Waals surface area (Å²) in [5.41, 5.74) is 0. The second-order valence-electron chi connectivity index (χ2n) is 1.63. The summed E-state index contributed by atoms with van der Waals surface area (Å²) in [5, 5.41) is 16.1. The van der Waals surface area contributed by atoms with Gasteiger partial charge in [-0.05, 0) is 0 Å². The van der Waals surface area contributed by atoms with Crippen LogP contribution >= 0.6 is 0 Å². The van der Waals surface area contributed by atoms with E-state index in [-0.39, 0.29) is 24.9 Å². The molecule has 13 heavy (non-hydrogen) atoms. The van der Waals surface area contributed by atoms with E-state index in [1.165, 1.54) is 0 Å². The summed E-state index contributed by atoms with van der Waals surface area (Å²) < 4.78 is 28.5. The van der Waals surface area contributed by atoms with Crippen molar-refractivity contribution < 1.29 is 32.8 Å². The maximum atomic E-state index is 10.2. The summed E-state index contributed by atoms with van der Waals surface area (Å²) in [7, 11) is -4.98. The Morgan fingerprint density at radius 3 is 1.62 bits per heavy atom. The number of carboxylic acid groups (broad SMARTS) is 2. The summed E-state index contributed by atoms with van der Waals surface area (Å²) in [6.45, 7) is 0. The third-order valence-electron chi connectivity index (χ3n) is 0.743. The third kappa shape index (κ3) is 5.43. The van der Waals surface area contributed by atoms with E-state index < -0.39 is 27.0 Å². The van der Waals surface area contributed by atoms with Gasteiger partial charge in [-0.2, -0.15) is 8.42 Å². The Bertz CT molecular complexity index is 340. The minimum absolute atomic E-state index is 0. The van der Waals surface area contributed by atoms with Crippen molar-refractivity contribution in [2.75, 3.05) is 0 Å². The van der Waals surface area contributed by atoms with Gasteiger partial charge >= 0.3 is 40.9 Å². The molecular weight excluding hydrogens is 199 g/mol. The zero-order chi connectivity index (χ0) is 9.94. The topological polar surface area (TPSA) is 129 Å². The fourth-order valence-corrected chi connectivity index (χ4v) is 0.829. The molecule has 0 rings (SSSR count). The summed E-state index contributed by atoms with van der Waals surface area (Å²) in [4.78, 5) is 18.3. The molecule has 0 saturated heterocycles.